The van der Waals surface area contributed by atoms with Crippen molar-refractivity contribution in [3.05, 3.63) is 65.3 Å². The van der Waals surface area contributed by atoms with E-state index < -0.39 is 9.84 Å². The molecule has 1 aliphatic rings. The summed E-state index contributed by atoms with van der Waals surface area (Å²) in [7, 11) is -3.64. The SMILES string of the molecule is CC1CN(C(=O)Cn2cc(S(=O)(=O)Cc3cccc(Cl)c3)c3ccccc32)CC(C)O1. The highest BCUT2D eigenvalue weighted by Gasteiger charge is 2.27. The lowest BCUT2D eigenvalue weighted by Gasteiger charge is -2.35. The first-order valence-electron chi connectivity index (χ1n) is 10.2. The Morgan fingerprint density at radius 3 is 2.52 bits per heavy atom. The van der Waals surface area contributed by atoms with Gasteiger partial charge in [-0.15, -0.1) is 0 Å². The smallest absolute Gasteiger partial charge is 0.242 e. The average Bonchev–Trinajstić information content (AvgIpc) is 3.06. The molecule has 2 heterocycles. The van der Waals surface area contributed by atoms with Crippen LogP contribution in [0.5, 0.6) is 0 Å². The number of hydrogen-bond acceptors (Lipinski definition) is 4. The Balaban J connectivity index is 1.65. The quantitative estimate of drug-likeness (QED) is 0.579. The minimum atomic E-state index is -3.64. The third-order valence-corrected chi connectivity index (χ3v) is 7.35. The zero-order chi connectivity index (χ0) is 22.2. The Bertz CT molecular complexity index is 1210. The Morgan fingerprint density at radius 2 is 1.81 bits per heavy atom. The summed E-state index contributed by atoms with van der Waals surface area (Å²) in [6.07, 6.45) is 1.53. The third kappa shape index (κ3) is 4.79. The third-order valence-electron chi connectivity index (χ3n) is 5.41. The van der Waals surface area contributed by atoms with Crippen molar-refractivity contribution in [3.8, 4) is 0 Å². The van der Waals surface area contributed by atoms with Crippen LogP contribution in [-0.4, -0.2) is 49.1 Å². The van der Waals surface area contributed by atoms with Gasteiger partial charge in [0, 0.05) is 35.2 Å². The van der Waals surface area contributed by atoms with Crippen LogP contribution in [0.2, 0.25) is 5.02 Å². The lowest BCUT2D eigenvalue weighted by atomic mass is 10.2. The summed E-state index contributed by atoms with van der Waals surface area (Å²) in [6, 6.07) is 14.1. The highest BCUT2D eigenvalue weighted by molar-refractivity contribution is 7.90. The fourth-order valence-electron chi connectivity index (χ4n) is 4.14. The molecular weight excluding hydrogens is 436 g/mol. The summed E-state index contributed by atoms with van der Waals surface area (Å²) in [5.41, 5.74) is 1.34. The number of fused-ring (bicyclic) bond motifs is 1. The van der Waals surface area contributed by atoms with Gasteiger partial charge in [-0.2, -0.15) is 0 Å². The second-order valence-corrected chi connectivity index (χ2v) is 10.5. The maximum absolute atomic E-state index is 13.2. The molecule has 8 heteroatoms. The van der Waals surface area contributed by atoms with E-state index in [0.717, 1.165) is 5.52 Å². The van der Waals surface area contributed by atoms with Gasteiger partial charge in [0.2, 0.25) is 5.91 Å². The number of hydrogen-bond donors (Lipinski definition) is 0. The number of carbonyl (C=O) groups excluding carboxylic acids is 1. The van der Waals surface area contributed by atoms with Crippen LogP contribution >= 0.6 is 11.6 Å². The summed E-state index contributed by atoms with van der Waals surface area (Å²) < 4.78 is 33.9. The highest BCUT2D eigenvalue weighted by Crippen LogP contribution is 2.29. The zero-order valence-corrected chi connectivity index (χ0v) is 19.1. The second-order valence-electron chi connectivity index (χ2n) is 8.08. The Labute approximate surface area is 187 Å². The molecule has 2 aromatic carbocycles. The number of ether oxygens (including phenoxy) is 1. The van der Waals surface area contributed by atoms with Crippen molar-refractivity contribution >= 4 is 38.2 Å². The molecule has 0 N–H and O–H groups in total. The number of amides is 1. The number of aromatic nitrogens is 1. The van der Waals surface area contributed by atoms with E-state index >= 15 is 0 Å². The standard InChI is InChI=1S/C23H25ClN2O4S/c1-16-11-26(12-17(2)30-16)23(27)14-25-13-22(20-8-3-4-9-21(20)25)31(28,29)15-18-6-5-7-19(24)10-18/h3-10,13,16-17H,11-12,14-15H2,1-2H3. The molecule has 1 amide bonds. The number of carbonyl (C=O) groups is 1. The van der Waals surface area contributed by atoms with Crippen LogP contribution in [0.1, 0.15) is 19.4 Å². The molecule has 1 saturated heterocycles. The van der Waals surface area contributed by atoms with E-state index in [1.165, 1.54) is 0 Å². The highest BCUT2D eigenvalue weighted by atomic mass is 35.5. The largest absolute Gasteiger partial charge is 0.372 e. The molecule has 0 radical (unpaired) electrons. The van der Waals surface area contributed by atoms with Gasteiger partial charge in [0.15, 0.2) is 9.84 Å². The number of para-hydroxylation sites is 1. The van der Waals surface area contributed by atoms with Crippen LogP contribution in [0, 0.1) is 0 Å². The van der Waals surface area contributed by atoms with E-state index in [1.54, 1.807) is 52.1 Å². The summed E-state index contributed by atoms with van der Waals surface area (Å²) in [5.74, 6) is -0.213. The molecule has 164 valence electrons. The minimum absolute atomic E-state index is 0.0252. The second kappa shape index (κ2) is 8.65. The van der Waals surface area contributed by atoms with E-state index in [9.17, 15) is 13.2 Å². The van der Waals surface area contributed by atoms with Crippen molar-refractivity contribution in [1.82, 2.24) is 9.47 Å². The van der Waals surface area contributed by atoms with Crippen LogP contribution in [0.15, 0.2) is 59.6 Å². The van der Waals surface area contributed by atoms with E-state index in [4.69, 9.17) is 16.3 Å². The molecule has 2 atom stereocenters. The molecule has 4 rings (SSSR count). The molecule has 1 fully saturated rings. The number of benzene rings is 2. The fraction of sp³-hybridized carbons (Fsp3) is 0.348. The topological polar surface area (TPSA) is 68.6 Å². The maximum Gasteiger partial charge on any atom is 0.242 e. The monoisotopic (exact) mass is 460 g/mol. The van der Waals surface area contributed by atoms with Crippen molar-refractivity contribution in [2.24, 2.45) is 0 Å². The maximum atomic E-state index is 13.2. The normalized spacial score (nSPS) is 19.6. The number of sulfone groups is 1. The van der Waals surface area contributed by atoms with Gasteiger partial charge in [-0.3, -0.25) is 4.79 Å². The molecular formula is C23H25ClN2O4S. The summed E-state index contributed by atoms with van der Waals surface area (Å²) in [5, 5.41) is 1.11. The number of morpholine rings is 1. The average molecular weight is 461 g/mol. The Kier molecular flexibility index (Phi) is 6.10. The molecule has 6 nitrogen and oxygen atoms in total. The predicted octanol–water partition coefficient (Wildman–Crippen LogP) is 3.90. The molecule has 0 bridgehead atoms. The van der Waals surface area contributed by atoms with Crippen molar-refractivity contribution in [3.63, 3.8) is 0 Å². The minimum Gasteiger partial charge on any atom is -0.372 e. The van der Waals surface area contributed by atoms with Gasteiger partial charge >= 0.3 is 0 Å². The molecule has 2 unspecified atom stereocenters. The van der Waals surface area contributed by atoms with Crippen LogP contribution in [0.4, 0.5) is 0 Å². The molecule has 0 spiro atoms. The molecule has 0 aliphatic carbocycles. The van der Waals surface area contributed by atoms with E-state index in [0.29, 0.717) is 29.1 Å². The van der Waals surface area contributed by atoms with Gasteiger partial charge in [-0.25, -0.2) is 8.42 Å². The van der Waals surface area contributed by atoms with Gasteiger partial charge in [0.25, 0.3) is 0 Å². The number of rotatable bonds is 5. The van der Waals surface area contributed by atoms with Gasteiger partial charge in [0.05, 0.1) is 22.9 Å². The lowest BCUT2D eigenvalue weighted by molar-refractivity contribution is -0.143. The fourth-order valence-corrected chi connectivity index (χ4v) is 5.93. The van der Waals surface area contributed by atoms with E-state index in [-0.39, 0.29) is 35.3 Å². The number of nitrogens with zero attached hydrogens (tertiary/aromatic N) is 2. The van der Waals surface area contributed by atoms with E-state index in [2.05, 4.69) is 0 Å². The van der Waals surface area contributed by atoms with Crippen molar-refractivity contribution < 1.29 is 17.9 Å². The molecule has 1 aliphatic heterocycles. The van der Waals surface area contributed by atoms with Crippen molar-refractivity contribution in [1.29, 1.82) is 0 Å². The molecule has 0 saturated carbocycles. The molecule has 31 heavy (non-hydrogen) atoms. The first-order chi connectivity index (χ1) is 14.7. The van der Waals surface area contributed by atoms with Crippen LogP contribution < -0.4 is 0 Å². The summed E-state index contributed by atoms with van der Waals surface area (Å²) in [4.78, 5) is 15.0. The van der Waals surface area contributed by atoms with Crippen LogP contribution in [-0.2, 0) is 31.7 Å². The molecule has 3 aromatic rings. The molecule has 1 aromatic heterocycles. The first kappa shape index (κ1) is 21.9. The van der Waals surface area contributed by atoms with Crippen molar-refractivity contribution in [2.45, 2.75) is 43.2 Å². The zero-order valence-electron chi connectivity index (χ0n) is 17.5. The van der Waals surface area contributed by atoms with Crippen LogP contribution in [0.3, 0.4) is 0 Å². The van der Waals surface area contributed by atoms with Gasteiger partial charge in [-0.1, -0.05) is 41.9 Å². The van der Waals surface area contributed by atoms with Gasteiger partial charge in [0.1, 0.15) is 6.54 Å². The van der Waals surface area contributed by atoms with Crippen molar-refractivity contribution in [2.75, 3.05) is 13.1 Å². The lowest BCUT2D eigenvalue weighted by Crippen LogP contribution is -2.49. The summed E-state index contributed by atoms with van der Waals surface area (Å²) >= 11 is 6.02. The first-order valence-corrected chi connectivity index (χ1v) is 12.2. The Hall–Kier alpha value is -2.35. The summed E-state index contributed by atoms with van der Waals surface area (Å²) in [6.45, 7) is 5.03. The van der Waals surface area contributed by atoms with Gasteiger partial charge < -0.3 is 14.2 Å². The van der Waals surface area contributed by atoms with E-state index in [1.807, 2.05) is 26.0 Å². The number of halogens is 1. The Morgan fingerprint density at radius 1 is 1.10 bits per heavy atom. The van der Waals surface area contributed by atoms with Crippen LogP contribution in [0.25, 0.3) is 10.9 Å². The van der Waals surface area contributed by atoms with Gasteiger partial charge in [-0.05, 0) is 37.6 Å². The predicted molar refractivity (Wildman–Crippen MR) is 121 cm³/mol.